The third-order valence-corrected chi connectivity index (χ3v) is 7.30. The van der Waals surface area contributed by atoms with Crippen LogP contribution in [0.15, 0.2) is 54.6 Å². The van der Waals surface area contributed by atoms with E-state index in [1.807, 2.05) is 35.2 Å². The van der Waals surface area contributed by atoms with Gasteiger partial charge < -0.3 is 0 Å². The molecule has 1 amide bonds. The molecule has 0 bridgehead atoms. The van der Waals surface area contributed by atoms with E-state index in [4.69, 9.17) is 0 Å². The van der Waals surface area contributed by atoms with Crippen molar-refractivity contribution in [3.05, 3.63) is 71.5 Å². The van der Waals surface area contributed by atoms with Gasteiger partial charge in [-0.2, -0.15) is 0 Å². The summed E-state index contributed by atoms with van der Waals surface area (Å²) in [6.45, 7) is 1.94. The Morgan fingerprint density at radius 3 is 2.50 bits per heavy atom. The molecule has 2 atom stereocenters. The number of carbonyl (C=O) groups excluding carboxylic acids is 1. The Morgan fingerprint density at radius 1 is 1.13 bits per heavy atom. The summed E-state index contributed by atoms with van der Waals surface area (Å²) in [6.07, 6.45) is 0.574. The van der Waals surface area contributed by atoms with Crippen LogP contribution < -0.4 is 0 Å². The van der Waals surface area contributed by atoms with Crippen molar-refractivity contribution in [1.29, 1.82) is 0 Å². The van der Waals surface area contributed by atoms with Crippen molar-refractivity contribution >= 4 is 37.6 Å². The molecule has 3 radical (unpaired) electrons. The molecule has 7 heteroatoms. The summed E-state index contributed by atoms with van der Waals surface area (Å²) >= 11 is 0.626. The maximum absolute atomic E-state index is 13.0. The van der Waals surface area contributed by atoms with Crippen LogP contribution in [0, 0.1) is 17.7 Å². The zero-order valence-corrected chi connectivity index (χ0v) is 20.3. The van der Waals surface area contributed by atoms with Crippen LogP contribution in [0.1, 0.15) is 21.0 Å². The van der Waals surface area contributed by atoms with Crippen LogP contribution in [0.5, 0.6) is 0 Å². The third-order valence-electron chi connectivity index (χ3n) is 5.04. The third kappa shape index (κ3) is 5.89. The molecule has 2 unspecified atom stereocenters. The number of hydrogen-bond donors (Lipinski definition) is 1. The molecule has 30 heavy (non-hydrogen) atoms. The van der Waals surface area contributed by atoms with E-state index in [1.165, 1.54) is 17.0 Å². The number of benzene rings is 2. The molecule has 0 saturated carbocycles. The van der Waals surface area contributed by atoms with Crippen molar-refractivity contribution in [2.45, 2.75) is 15.9 Å². The molecule has 1 aliphatic rings. The number of carboxylic acids is 1. The van der Waals surface area contributed by atoms with E-state index in [2.05, 4.69) is 11.8 Å². The number of piperazine rings is 1. The Balaban J connectivity index is 1.58. The molecule has 2 aromatic rings. The van der Waals surface area contributed by atoms with Gasteiger partial charge in [0.25, 0.3) is 0 Å². The standard InChI is InChI=1S/C23H22FN2O3.Pb/c24-20-11-9-18(10-12-20)6-4-5-13-25-14-15-26(21(17-25)23(28)29)22(27)16-19-7-2-1-3-8-19;/h1-3,7-12,16,21H,5,13-15,17H2,(H,28,29);. The fourth-order valence-corrected chi connectivity index (χ4v) is 4.78. The topological polar surface area (TPSA) is 60.9 Å². The van der Waals surface area contributed by atoms with E-state index in [9.17, 15) is 19.1 Å². The molecule has 1 N–H and O–H groups in total. The van der Waals surface area contributed by atoms with Crippen molar-refractivity contribution < 1.29 is 19.1 Å². The molecule has 2 aromatic carbocycles. The molecule has 0 aliphatic carbocycles. The first-order valence-electron chi connectivity index (χ1n) is 9.72. The summed E-state index contributed by atoms with van der Waals surface area (Å²) < 4.78 is 12.7. The van der Waals surface area contributed by atoms with E-state index in [1.54, 1.807) is 12.1 Å². The number of hydrogen-bond acceptors (Lipinski definition) is 3. The van der Waals surface area contributed by atoms with Crippen LogP contribution in [-0.4, -0.2) is 84.8 Å². The van der Waals surface area contributed by atoms with E-state index < -0.39 is 12.0 Å². The van der Waals surface area contributed by atoms with Gasteiger partial charge in [-0.15, -0.1) is 0 Å². The number of aliphatic carboxylic acids is 1. The van der Waals surface area contributed by atoms with Crippen LogP contribution in [0.3, 0.4) is 0 Å². The second kappa shape index (κ2) is 10.7. The summed E-state index contributed by atoms with van der Waals surface area (Å²) in [5.74, 6) is 4.66. The minimum absolute atomic E-state index is 0.101. The molecule has 1 saturated heterocycles. The molecule has 1 fully saturated rings. The summed E-state index contributed by atoms with van der Waals surface area (Å²) in [6, 6.07) is 14.7. The van der Waals surface area contributed by atoms with Crippen LogP contribution in [0.2, 0.25) is 0 Å². The predicted molar refractivity (Wildman–Crippen MR) is 112 cm³/mol. The number of halogens is 1. The predicted octanol–water partition coefficient (Wildman–Crippen LogP) is 2.07. The molecule has 3 rings (SSSR count). The van der Waals surface area contributed by atoms with Crippen molar-refractivity contribution in [2.75, 3.05) is 26.2 Å². The summed E-state index contributed by atoms with van der Waals surface area (Å²) in [4.78, 5) is 28.4. The van der Waals surface area contributed by atoms with Gasteiger partial charge in [-0.1, -0.05) is 0 Å². The number of amides is 1. The van der Waals surface area contributed by atoms with Crippen molar-refractivity contribution in [3.63, 3.8) is 0 Å². The molecule has 0 aromatic heterocycles. The van der Waals surface area contributed by atoms with Crippen molar-refractivity contribution in [3.8, 4) is 11.8 Å². The molecular formula is C23H22FN2O3Pb. The van der Waals surface area contributed by atoms with E-state index >= 15 is 0 Å². The number of rotatable bonds is 5. The molecule has 0 spiro atoms. The van der Waals surface area contributed by atoms with E-state index in [0.717, 1.165) is 11.1 Å². The molecule has 153 valence electrons. The van der Waals surface area contributed by atoms with Crippen LogP contribution in [0.4, 0.5) is 4.39 Å². The van der Waals surface area contributed by atoms with Gasteiger partial charge in [0.2, 0.25) is 0 Å². The zero-order chi connectivity index (χ0) is 21.5. The first kappa shape index (κ1) is 22.4. The quantitative estimate of drug-likeness (QED) is 0.422. The van der Waals surface area contributed by atoms with Gasteiger partial charge in [-0.25, -0.2) is 4.39 Å². The summed E-state index contributed by atoms with van der Waals surface area (Å²) in [5, 5.41) is 9.70. The van der Waals surface area contributed by atoms with Gasteiger partial charge in [-0.05, 0) is 12.1 Å². The molecule has 5 nitrogen and oxygen atoms in total. The maximum atomic E-state index is 13.0. The fraction of sp³-hybridized carbons (Fsp3) is 0.304. The van der Waals surface area contributed by atoms with Gasteiger partial charge >= 0.3 is 170 Å². The van der Waals surface area contributed by atoms with Crippen molar-refractivity contribution in [2.24, 2.45) is 0 Å². The Morgan fingerprint density at radius 2 is 1.83 bits per heavy atom. The first-order valence-corrected chi connectivity index (χ1v) is 12.0. The van der Waals surface area contributed by atoms with Gasteiger partial charge in [0, 0.05) is 0 Å². The average molecular weight is 601 g/mol. The Bertz CT molecular complexity index is 940. The summed E-state index contributed by atoms with van der Waals surface area (Å²) in [5.41, 5.74) is 1.69. The second-order valence-corrected chi connectivity index (χ2v) is 9.33. The van der Waals surface area contributed by atoms with Crippen LogP contribution in [0.25, 0.3) is 0 Å². The normalized spacial score (nSPS) is 17.7. The van der Waals surface area contributed by atoms with Crippen LogP contribution >= 0.6 is 0 Å². The van der Waals surface area contributed by atoms with Gasteiger partial charge in [0.05, 0.1) is 0 Å². The van der Waals surface area contributed by atoms with Gasteiger partial charge in [0.1, 0.15) is 5.82 Å². The Labute approximate surface area is 191 Å². The first-order chi connectivity index (χ1) is 14.5. The van der Waals surface area contributed by atoms with Crippen LogP contribution in [-0.2, 0) is 9.59 Å². The monoisotopic (exact) mass is 601 g/mol. The SMILES string of the molecule is O=C(O)C1CN(CCC#Cc2ccc(F)cc2)CCN1C(=O)[CH]([Pb])c1ccccc1. The summed E-state index contributed by atoms with van der Waals surface area (Å²) in [7, 11) is 0. The van der Waals surface area contributed by atoms with E-state index in [-0.39, 0.29) is 15.2 Å². The van der Waals surface area contributed by atoms with Gasteiger partial charge in [-0.3, -0.25) is 0 Å². The zero-order valence-electron chi connectivity index (χ0n) is 16.4. The van der Waals surface area contributed by atoms with Crippen molar-refractivity contribution in [1.82, 2.24) is 9.80 Å². The Hall–Kier alpha value is -2.25. The number of nitrogens with zero attached hydrogens (tertiary/aromatic N) is 2. The average Bonchev–Trinajstić information content (AvgIpc) is 2.77. The van der Waals surface area contributed by atoms with Gasteiger partial charge in [0.15, 0.2) is 0 Å². The molecule has 1 aliphatic heterocycles. The molecular weight excluding hydrogens is 578 g/mol. The molecule has 1 heterocycles. The fourth-order valence-electron chi connectivity index (χ4n) is 3.38. The number of carboxylic acid groups (broad SMARTS) is 1. The Kier molecular flexibility index (Phi) is 7.99. The van der Waals surface area contributed by atoms with E-state index in [0.29, 0.717) is 58.4 Å². The number of carbonyl (C=O) groups is 2. The minimum atomic E-state index is -0.979. The second-order valence-electron chi connectivity index (χ2n) is 7.09.